The summed E-state index contributed by atoms with van der Waals surface area (Å²) >= 11 is 0. The number of pyridine rings is 1. The lowest BCUT2D eigenvalue weighted by Gasteiger charge is -2.12. The highest BCUT2D eigenvalue weighted by atomic mass is 16.1. The third kappa shape index (κ3) is 2.11. The second-order valence-electron chi connectivity index (χ2n) is 4.63. The van der Waals surface area contributed by atoms with Crippen LogP contribution in [0.4, 0.5) is 5.82 Å². The van der Waals surface area contributed by atoms with Crippen LogP contribution >= 0.6 is 0 Å². The van der Waals surface area contributed by atoms with E-state index in [0.29, 0.717) is 5.56 Å². The Morgan fingerprint density at radius 1 is 1.16 bits per heavy atom. The van der Waals surface area contributed by atoms with E-state index in [-0.39, 0.29) is 11.4 Å². The normalized spacial score (nSPS) is 10.2. The Kier molecular flexibility index (Phi) is 3.14. The summed E-state index contributed by atoms with van der Waals surface area (Å²) in [5.74, 6) is 0.261. The first-order valence-electron chi connectivity index (χ1n) is 5.95. The number of hydrogen-bond acceptors (Lipinski definition) is 3. The molecule has 96 valence electrons. The standard InChI is InChI=1S/C15H15N3O/c1-8-4-5-11(10(3)9(8)2)12-6-14(17)18-15(19)13(12)7-16/h4-6H,1-3H3,(H3,17,18,19). The first kappa shape index (κ1) is 12.9. The average molecular weight is 253 g/mol. The van der Waals surface area contributed by atoms with Crippen molar-refractivity contribution in [2.75, 3.05) is 5.73 Å². The number of nitrogens with two attached hydrogens (primary N) is 1. The highest BCUT2D eigenvalue weighted by Gasteiger charge is 2.13. The third-order valence-electron chi connectivity index (χ3n) is 3.51. The molecule has 19 heavy (non-hydrogen) atoms. The zero-order chi connectivity index (χ0) is 14.2. The number of aromatic nitrogens is 1. The van der Waals surface area contributed by atoms with Crippen LogP contribution in [0.15, 0.2) is 23.0 Å². The zero-order valence-corrected chi connectivity index (χ0v) is 11.2. The van der Waals surface area contributed by atoms with Crippen molar-refractivity contribution in [2.45, 2.75) is 20.8 Å². The summed E-state index contributed by atoms with van der Waals surface area (Å²) in [4.78, 5) is 14.2. The number of nitrogens with one attached hydrogen (secondary N) is 1. The first-order chi connectivity index (χ1) is 8.95. The zero-order valence-electron chi connectivity index (χ0n) is 11.2. The van der Waals surface area contributed by atoms with Gasteiger partial charge in [0.2, 0.25) is 0 Å². The summed E-state index contributed by atoms with van der Waals surface area (Å²) < 4.78 is 0. The Labute approximate surface area is 111 Å². The van der Waals surface area contributed by atoms with Gasteiger partial charge in [-0.15, -0.1) is 0 Å². The monoisotopic (exact) mass is 253 g/mol. The van der Waals surface area contributed by atoms with E-state index in [9.17, 15) is 4.79 Å². The number of benzene rings is 1. The van der Waals surface area contributed by atoms with E-state index in [0.717, 1.165) is 16.7 Å². The van der Waals surface area contributed by atoms with Gasteiger partial charge in [-0.3, -0.25) is 4.79 Å². The molecule has 1 aromatic carbocycles. The quantitative estimate of drug-likeness (QED) is 0.818. The number of anilines is 1. The molecule has 0 aliphatic heterocycles. The lowest BCUT2D eigenvalue weighted by molar-refractivity contribution is 1.21. The van der Waals surface area contributed by atoms with Gasteiger partial charge in [-0.1, -0.05) is 12.1 Å². The van der Waals surface area contributed by atoms with Gasteiger partial charge < -0.3 is 10.7 Å². The van der Waals surface area contributed by atoms with Gasteiger partial charge in [0.15, 0.2) is 0 Å². The molecular weight excluding hydrogens is 238 g/mol. The van der Waals surface area contributed by atoms with Gasteiger partial charge in [-0.25, -0.2) is 0 Å². The molecular formula is C15H15N3O. The number of nitrogen functional groups attached to an aromatic ring is 1. The van der Waals surface area contributed by atoms with Crippen LogP contribution in [-0.2, 0) is 0 Å². The SMILES string of the molecule is Cc1ccc(-c2cc(N)[nH]c(=O)c2C#N)c(C)c1C. The summed E-state index contributed by atoms with van der Waals surface area (Å²) in [6.45, 7) is 6.04. The molecule has 0 spiro atoms. The molecule has 1 heterocycles. The topological polar surface area (TPSA) is 82.7 Å². The molecule has 0 atom stereocenters. The largest absolute Gasteiger partial charge is 0.385 e. The summed E-state index contributed by atoms with van der Waals surface area (Å²) in [6.07, 6.45) is 0. The second-order valence-corrected chi connectivity index (χ2v) is 4.63. The highest BCUT2D eigenvalue weighted by Crippen LogP contribution is 2.29. The molecule has 1 aromatic heterocycles. The van der Waals surface area contributed by atoms with E-state index in [1.807, 2.05) is 39.0 Å². The molecule has 0 amide bonds. The van der Waals surface area contributed by atoms with Crippen molar-refractivity contribution in [3.05, 3.63) is 50.8 Å². The van der Waals surface area contributed by atoms with E-state index in [1.165, 1.54) is 5.56 Å². The molecule has 0 aliphatic carbocycles. The fraction of sp³-hybridized carbons (Fsp3) is 0.200. The number of hydrogen-bond donors (Lipinski definition) is 2. The number of H-pyrrole nitrogens is 1. The summed E-state index contributed by atoms with van der Waals surface area (Å²) in [7, 11) is 0. The Morgan fingerprint density at radius 2 is 1.84 bits per heavy atom. The molecule has 2 rings (SSSR count). The molecule has 0 unspecified atom stereocenters. The van der Waals surface area contributed by atoms with Crippen LogP contribution in [0.2, 0.25) is 0 Å². The predicted molar refractivity (Wildman–Crippen MR) is 75.8 cm³/mol. The molecule has 0 saturated heterocycles. The Balaban J connectivity index is 2.84. The van der Waals surface area contributed by atoms with Crippen LogP contribution in [0, 0.1) is 32.1 Å². The van der Waals surface area contributed by atoms with E-state index >= 15 is 0 Å². The molecule has 0 bridgehead atoms. The van der Waals surface area contributed by atoms with E-state index in [1.54, 1.807) is 6.07 Å². The molecule has 4 heteroatoms. The Hall–Kier alpha value is -2.54. The van der Waals surface area contributed by atoms with Gasteiger partial charge >= 0.3 is 0 Å². The minimum atomic E-state index is -0.449. The van der Waals surface area contributed by atoms with Crippen LogP contribution < -0.4 is 11.3 Å². The van der Waals surface area contributed by atoms with Gasteiger partial charge in [0, 0.05) is 5.56 Å². The van der Waals surface area contributed by atoms with Crippen molar-refractivity contribution in [3.63, 3.8) is 0 Å². The van der Waals surface area contributed by atoms with E-state index in [2.05, 4.69) is 4.98 Å². The lowest BCUT2D eigenvalue weighted by atomic mass is 9.92. The number of rotatable bonds is 1. The van der Waals surface area contributed by atoms with Crippen molar-refractivity contribution in [3.8, 4) is 17.2 Å². The maximum Gasteiger partial charge on any atom is 0.268 e. The molecule has 2 aromatic rings. The van der Waals surface area contributed by atoms with Crippen molar-refractivity contribution < 1.29 is 0 Å². The molecule has 3 N–H and O–H groups in total. The first-order valence-corrected chi connectivity index (χ1v) is 5.95. The van der Waals surface area contributed by atoms with Crippen LogP contribution in [-0.4, -0.2) is 4.98 Å². The summed E-state index contributed by atoms with van der Waals surface area (Å²) in [5, 5.41) is 9.16. The van der Waals surface area contributed by atoms with Gasteiger partial charge in [-0.05, 0) is 49.1 Å². The molecule has 0 radical (unpaired) electrons. The smallest absolute Gasteiger partial charge is 0.268 e. The number of nitrogens with zero attached hydrogens (tertiary/aromatic N) is 1. The van der Waals surface area contributed by atoms with E-state index in [4.69, 9.17) is 11.0 Å². The summed E-state index contributed by atoms with van der Waals surface area (Å²) in [6, 6.07) is 7.49. The average Bonchev–Trinajstić information content (AvgIpc) is 2.35. The van der Waals surface area contributed by atoms with Crippen LogP contribution in [0.5, 0.6) is 0 Å². The molecule has 4 nitrogen and oxygen atoms in total. The Bertz CT molecular complexity index is 751. The third-order valence-corrected chi connectivity index (χ3v) is 3.51. The highest BCUT2D eigenvalue weighted by molar-refractivity contribution is 5.76. The molecule has 0 aliphatic rings. The van der Waals surface area contributed by atoms with Crippen molar-refractivity contribution >= 4 is 5.82 Å². The predicted octanol–water partition coefficient (Wildman–Crippen LogP) is 2.42. The number of aromatic amines is 1. The lowest BCUT2D eigenvalue weighted by Crippen LogP contribution is -2.14. The van der Waals surface area contributed by atoms with Gasteiger partial charge in [0.1, 0.15) is 17.5 Å². The minimum absolute atomic E-state index is 0.0977. The second kappa shape index (κ2) is 4.62. The maximum absolute atomic E-state index is 11.8. The summed E-state index contributed by atoms with van der Waals surface area (Å²) in [5.41, 5.74) is 10.2. The fourth-order valence-corrected chi connectivity index (χ4v) is 2.15. The fourth-order valence-electron chi connectivity index (χ4n) is 2.15. The number of nitriles is 1. The van der Waals surface area contributed by atoms with Crippen molar-refractivity contribution in [2.24, 2.45) is 0 Å². The Morgan fingerprint density at radius 3 is 2.47 bits per heavy atom. The van der Waals surface area contributed by atoms with Gasteiger partial charge in [0.05, 0.1) is 0 Å². The maximum atomic E-state index is 11.8. The van der Waals surface area contributed by atoms with Gasteiger partial charge in [0.25, 0.3) is 5.56 Å². The van der Waals surface area contributed by atoms with Crippen LogP contribution in [0.3, 0.4) is 0 Å². The van der Waals surface area contributed by atoms with Gasteiger partial charge in [-0.2, -0.15) is 5.26 Å². The van der Waals surface area contributed by atoms with E-state index < -0.39 is 5.56 Å². The van der Waals surface area contributed by atoms with Crippen LogP contribution in [0.1, 0.15) is 22.3 Å². The minimum Gasteiger partial charge on any atom is -0.385 e. The van der Waals surface area contributed by atoms with Crippen LogP contribution in [0.25, 0.3) is 11.1 Å². The number of aryl methyl sites for hydroxylation is 1. The van der Waals surface area contributed by atoms with Crippen molar-refractivity contribution in [1.29, 1.82) is 5.26 Å². The molecule has 0 saturated carbocycles. The molecule has 0 fully saturated rings. The van der Waals surface area contributed by atoms with Crippen molar-refractivity contribution in [1.82, 2.24) is 4.98 Å².